The first-order chi connectivity index (χ1) is 11.3. The third-order valence-electron chi connectivity index (χ3n) is 3.97. The monoisotopic (exact) mass is 300 g/mol. The molecule has 0 spiro atoms. The van der Waals surface area contributed by atoms with Crippen LogP contribution in [0.15, 0.2) is 91.1 Å². The molecule has 2 aromatic rings. The van der Waals surface area contributed by atoms with E-state index in [-0.39, 0.29) is 5.78 Å². The molecule has 0 aromatic heterocycles. The summed E-state index contributed by atoms with van der Waals surface area (Å²) in [5.41, 5.74) is 3.17. The standard InChI is InChI=1S/C22H20O/c23-22(15-14-18-8-3-1-4-9-18)21-13-7-12-20(17-21)16-19-10-5-2-6-11-19/h1-8,10-15,17-18H,9,16H2. The summed E-state index contributed by atoms with van der Waals surface area (Å²) in [6.07, 6.45) is 13.8. The molecule has 3 rings (SSSR count). The summed E-state index contributed by atoms with van der Waals surface area (Å²) in [7, 11) is 0. The molecule has 0 fully saturated rings. The van der Waals surface area contributed by atoms with Crippen molar-refractivity contribution in [2.75, 3.05) is 0 Å². The van der Waals surface area contributed by atoms with Crippen molar-refractivity contribution < 1.29 is 4.79 Å². The second kappa shape index (κ2) is 7.55. The van der Waals surface area contributed by atoms with Gasteiger partial charge in [-0.2, -0.15) is 0 Å². The third kappa shape index (κ3) is 4.40. The molecule has 1 heteroatoms. The van der Waals surface area contributed by atoms with E-state index >= 15 is 0 Å². The Balaban J connectivity index is 1.69. The number of hydrogen-bond acceptors (Lipinski definition) is 1. The van der Waals surface area contributed by atoms with E-state index < -0.39 is 0 Å². The highest BCUT2D eigenvalue weighted by Crippen LogP contribution is 2.15. The Hall–Kier alpha value is -2.67. The van der Waals surface area contributed by atoms with Crippen molar-refractivity contribution in [2.45, 2.75) is 12.8 Å². The van der Waals surface area contributed by atoms with Crippen molar-refractivity contribution >= 4 is 5.78 Å². The van der Waals surface area contributed by atoms with Gasteiger partial charge in [0.2, 0.25) is 0 Å². The van der Waals surface area contributed by atoms with Crippen molar-refractivity contribution in [3.05, 3.63) is 108 Å². The van der Waals surface area contributed by atoms with Gasteiger partial charge in [0.05, 0.1) is 0 Å². The van der Waals surface area contributed by atoms with Crippen molar-refractivity contribution in [1.29, 1.82) is 0 Å². The van der Waals surface area contributed by atoms with Gasteiger partial charge in [0.15, 0.2) is 5.78 Å². The van der Waals surface area contributed by atoms with E-state index in [0.29, 0.717) is 5.92 Å². The Kier molecular flexibility index (Phi) is 5.00. The lowest BCUT2D eigenvalue weighted by atomic mass is 9.98. The lowest BCUT2D eigenvalue weighted by Gasteiger charge is -2.07. The van der Waals surface area contributed by atoms with Crippen LogP contribution in [0.2, 0.25) is 0 Å². The minimum absolute atomic E-state index is 0.0721. The molecule has 0 radical (unpaired) electrons. The van der Waals surface area contributed by atoms with Gasteiger partial charge >= 0.3 is 0 Å². The summed E-state index contributed by atoms with van der Waals surface area (Å²) >= 11 is 0. The van der Waals surface area contributed by atoms with Crippen molar-refractivity contribution in [1.82, 2.24) is 0 Å². The number of hydrogen-bond donors (Lipinski definition) is 0. The normalized spacial score (nSPS) is 16.8. The van der Waals surface area contributed by atoms with Crippen LogP contribution >= 0.6 is 0 Å². The van der Waals surface area contributed by atoms with Crippen LogP contribution in [0.1, 0.15) is 27.9 Å². The van der Waals surface area contributed by atoms with Gasteiger partial charge in [0.1, 0.15) is 0 Å². The van der Waals surface area contributed by atoms with Crippen molar-refractivity contribution in [3.63, 3.8) is 0 Å². The quantitative estimate of drug-likeness (QED) is 0.551. The van der Waals surface area contributed by atoms with Crippen LogP contribution < -0.4 is 0 Å². The fraction of sp³-hybridized carbons (Fsp3) is 0.136. The Morgan fingerprint density at radius 2 is 1.83 bits per heavy atom. The van der Waals surface area contributed by atoms with Gasteiger partial charge in [-0.3, -0.25) is 4.79 Å². The second-order valence-electron chi connectivity index (χ2n) is 5.80. The molecule has 1 aliphatic rings. The molecule has 1 unspecified atom stereocenters. The molecule has 114 valence electrons. The highest BCUT2D eigenvalue weighted by molar-refractivity contribution is 6.04. The fourth-order valence-corrected chi connectivity index (χ4v) is 2.72. The van der Waals surface area contributed by atoms with Gasteiger partial charge in [0.25, 0.3) is 0 Å². The molecule has 0 amide bonds. The molecule has 23 heavy (non-hydrogen) atoms. The van der Waals surface area contributed by atoms with E-state index in [0.717, 1.165) is 24.0 Å². The van der Waals surface area contributed by atoms with E-state index in [1.54, 1.807) is 6.08 Å². The predicted octanol–water partition coefficient (Wildman–Crippen LogP) is 5.15. The minimum atomic E-state index is 0.0721. The number of rotatable bonds is 5. The van der Waals surface area contributed by atoms with Gasteiger partial charge in [-0.25, -0.2) is 0 Å². The molecule has 0 heterocycles. The van der Waals surface area contributed by atoms with E-state index in [4.69, 9.17) is 0 Å². The van der Waals surface area contributed by atoms with Crippen LogP contribution in [0.25, 0.3) is 0 Å². The number of benzene rings is 2. The molecule has 1 aliphatic carbocycles. The maximum absolute atomic E-state index is 12.4. The Bertz CT molecular complexity index is 751. The van der Waals surface area contributed by atoms with Crippen molar-refractivity contribution in [2.24, 2.45) is 5.92 Å². The first-order valence-corrected chi connectivity index (χ1v) is 8.00. The van der Waals surface area contributed by atoms with Crippen LogP contribution in [0, 0.1) is 5.92 Å². The van der Waals surface area contributed by atoms with Crippen molar-refractivity contribution in [3.8, 4) is 0 Å². The molecule has 1 atom stereocenters. The lowest BCUT2D eigenvalue weighted by Crippen LogP contribution is -1.99. The summed E-state index contributed by atoms with van der Waals surface area (Å²) in [5, 5.41) is 0. The van der Waals surface area contributed by atoms with Crippen LogP contribution in [0.3, 0.4) is 0 Å². The Morgan fingerprint density at radius 1 is 1.00 bits per heavy atom. The van der Waals surface area contributed by atoms with Gasteiger partial charge in [-0.15, -0.1) is 0 Å². The Labute approximate surface area is 137 Å². The lowest BCUT2D eigenvalue weighted by molar-refractivity contribution is 0.104. The van der Waals surface area contributed by atoms with E-state index in [1.807, 2.05) is 54.6 Å². The maximum atomic E-state index is 12.4. The zero-order chi connectivity index (χ0) is 15.9. The summed E-state index contributed by atoms with van der Waals surface area (Å²) in [6, 6.07) is 18.2. The highest BCUT2D eigenvalue weighted by atomic mass is 16.1. The van der Waals surface area contributed by atoms with Gasteiger partial charge < -0.3 is 0 Å². The third-order valence-corrected chi connectivity index (χ3v) is 3.97. The molecule has 0 saturated heterocycles. The van der Waals surface area contributed by atoms with Crippen LogP contribution in [-0.4, -0.2) is 5.78 Å². The number of ketones is 1. The first kappa shape index (κ1) is 15.2. The number of allylic oxidation sites excluding steroid dienone is 6. The van der Waals surface area contributed by atoms with Crippen LogP contribution in [-0.2, 0) is 6.42 Å². The topological polar surface area (TPSA) is 17.1 Å². The predicted molar refractivity (Wildman–Crippen MR) is 95.5 cm³/mol. The number of carbonyl (C=O) groups excluding carboxylic acids is 1. The van der Waals surface area contributed by atoms with Crippen LogP contribution in [0.5, 0.6) is 0 Å². The smallest absolute Gasteiger partial charge is 0.185 e. The summed E-state index contributed by atoms with van der Waals surface area (Å²) in [5.74, 6) is 0.402. The maximum Gasteiger partial charge on any atom is 0.185 e. The molecule has 1 nitrogen and oxygen atoms in total. The molecular weight excluding hydrogens is 280 g/mol. The van der Waals surface area contributed by atoms with E-state index in [1.165, 1.54) is 5.56 Å². The average Bonchev–Trinajstić information content (AvgIpc) is 2.62. The molecule has 0 N–H and O–H groups in total. The SMILES string of the molecule is O=C(C=CC1C=CC=CC1)c1cccc(Cc2ccccc2)c1. The summed E-state index contributed by atoms with van der Waals surface area (Å²) in [6.45, 7) is 0. The Morgan fingerprint density at radius 3 is 2.61 bits per heavy atom. The molecule has 0 saturated carbocycles. The molecular formula is C22H20O. The van der Waals surface area contributed by atoms with Crippen LogP contribution in [0.4, 0.5) is 0 Å². The molecule has 0 bridgehead atoms. The second-order valence-corrected chi connectivity index (χ2v) is 5.80. The van der Waals surface area contributed by atoms with Gasteiger partial charge in [-0.1, -0.05) is 78.9 Å². The largest absolute Gasteiger partial charge is 0.289 e. The molecule has 2 aromatic carbocycles. The summed E-state index contributed by atoms with van der Waals surface area (Å²) < 4.78 is 0. The van der Waals surface area contributed by atoms with E-state index in [2.05, 4.69) is 30.4 Å². The van der Waals surface area contributed by atoms with Gasteiger partial charge in [-0.05, 0) is 42.0 Å². The average molecular weight is 300 g/mol. The first-order valence-electron chi connectivity index (χ1n) is 8.00. The van der Waals surface area contributed by atoms with Gasteiger partial charge in [0, 0.05) is 5.56 Å². The molecule has 0 aliphatic heterocycles. The zero-order valence-electron chi connectivity index (χ0n) is 13.1. The van der Waals surface area contributed by atoms with E-state index in [9.17, 15) is 4.79 Å². The minimum Gasteiger partial charge on any atom is -0.289 e. The fourth-order valence-electron chi connectivity index (χ4n) is 2.72. The number of carbonyl (C=O) groups is 1. The highest BCUT2D eigenvalue weighted by Gasteiger charge is 2.06. The zero-order valence-corrected chi connectivity index (χ0v) is 13.1. The summed E-state index contributed by atoms with van der Waals surface area (Å²) in [4.78, 5) is 12.4.